The summed E-state index contributed by atoms with van der Waals surface area (Å²) < 4.78 is 54.0. The first kappa shape index (κ1) is 53.6. The minimum atomic E-state index is -4.61. The molecule has 12 nitrogen and oxygen atoms in total. The second kappa shape index (κ2) is 35.4. The molecule has 1 fully saturated rings. The van der Waals surface area contributed by atoms with E-state index >= 15 is 0 Å². The highest BCUT2D eigenvalue weighted by Gasteiger charge is 2.46. The molecule has 58 heavy (non-hydrogen) atoms. The van der Waals surface area contributed by atoms with Gasteiger partial charge in [0, 0.05) is 12.8 Å². The summed E-state index contributed by atoms with van der Waals surface area (Å²) >= 11 is 0. The van der Waals surface area contributed by atoms with Crippen molar-refractivity contribution in [2.75, 3.05) is 19.0 Å². The summed E-state index contributed by atoms with van der Waals surface area (Å²) in [4.78, 5) is 25.4. The number of allylic oxidation sites excluding steroid dienone is 8. The molecule has 0 bridgehead atoms. The molecule has 336 valence electrons. The van der Waals surface area contributed by atoms with Crippen LogP contribution in [-0.2, 0) is 38.7 Å². The van der Waals surface area contributed by atoms with Gasteiger partial charge in [-0.05, 0) is 77.0 Å². The fourth-order valence-corrected chi connectivity index (χ4v) is 7.07. The molecule has 13 heteroatoms. The Labute approximate surface area is 350 Å². The maximum atomic E-state index is 12.8. The third kappa shape index (κ3) is 29.8. The van der Waals surface area contributed by atoms with Crippen molar-refractivity contribution in [1.29, 1.82) is 0 Å². The summed E-state index contributed by atoms with van der Waals surface area (Å²) in [5, 5.41) is 30.8. The Morgan fingerprint density at radius 3 is 1.59 bits per heavy atom. The summed E-state index contributed by atoms with van der Waals surface area (Å²) in [6.07, 6.45) is 31.5. The van der Waals surface area contributed by atoms with Gasteiger partial charge in [-0.1, -0.05) is 127 Å². The maximum Gasteiger partial charge on any atom is 0.306 e. The van der Waals surface area contributed by atoms with Gasteiger partial charge in [0.05, 0.1) is 6.61 Å². The first-order valence-electron chi connectivity index (χ1n) is 22.2. The Bertz CT molecular complexity index is 1260. The van der Waals surface area contributed by atoms with Crippen LogP contribution in [-0.4, -0.2) is 96.0 Å². The van der Waals surface area contributed by atoms with Gasteiger partial charge in [-0.2, -0.15) is 8.42 Å². The minimum absolute atomic E-state index is 0.148. The number of carbonyl (C=O) groups excluding carboxylic acids is 2. The second-order valence-corrected chi connectivity index (χ2v) is 16.9. The average Bonchev–Trinajstić information content (AvgIpc) is 3.18. The number of unbranched alkanes of at least 4 members (excludes halogenated alkanes) is 16. The van der Waals surface area contributed by atoms with Crippen molar-refractivity contribution < 1.29 is 56.8 Å². The maximum absolute atomic E-state index is 12.8. The molecule has 6 atom stereocenters. The Balaban J connectivity index is 2.48. The fraction of sp³-hybridized carbons (Fsp3) is 0.778. The van der Waals surface area contributed by atoms with E-state index in [2.05, 4.69) is 62.5 Å². The first-order valence-corrected chi connectivity index (χ1v) is 23.8. The van der Waals surface area contributed by atoms with Crippen LogP contribution in [0.25, 0.3) is 0 Å². The van der Waals surface area contributed by atoms with E-state index in [1.807, 2.05) is 0 Å². The van der Waals surface area contributed by atoms with E-state index in [1.54, 1.807) is 0 Å². The lowest BCUT2D eigenvalue weighted by molar-refractivity contribution is -0.297. The Hall–Kier alpha value is -2.39. The van der Waals surface area contributed by atoms with Gasteiger partial charge in [0.15, 0.2) is 12.4 Å². The summed E-state index contributed by atoms with van der Waals surface area (Å²) in [5.74, 6) is -2.03. The van der Waals surface area contributed by atoms with E-state index in [0.29, 0.717) is 12.8 Å². The lowest BCUT2D eigenvalue weighted by atomic mass is 10.00. The van der Waals surface area contributed by atoms with Crippen LogP contribution >= 0.6 is 0 Å². The fourth-order valence-electron chi connectivity index (χ4n) is 6.38. The predicted octanol–water partition coefficient (Wildman–Crippen LogP) is 8.78. The monoisotopic (exact) mass is 843 g/mol. The topological polar surface area (TPSA) is 186 Å². The van der Waals surface area contributed by atoms with Crippen LogP contribution in [0.1, 0.15) is 168 Å². The SMILES string of the molecule is CCCCC/C=C/C/C=C/C/C=C/CCCCCCC(=O)OC[C@H](CO[C@H]1O[C@H](CS(=O)(=O)O)[C@@H](O)C(O)C1O)OC(=O)CCCCCCC/C=C/CCCCCC. The van der Waals surface area contributed by atoms with Crippen molar-refractivity contribution in [3.63, 3.8) is 0 Å². The molecule has 1 aliphatic rings. The Morgan fingerprint density at radius 1 is 0.586 bits per heavy atom. The van der Waals surface area contributed by atoms with Gasteiger partial charge in [-0.3, -0.25) is 14.1 Å². The molecule has 0 aromatic rings. The minimum Gasteiger partial charge on any atom is -0.462 e. The van der Waals surface area contributed by atoms with Crippen LogP contribution in [0.5, 0.6) is 0 Å². The van der Waals surface area contributed by atoms with Crippen molar-refractivity contribution in [3.05, 3.63) is 48.6 Å². The van der Waals surface area contributed by atoms with E-state index < -0.39 is 71.2 Å². The Morgan fingerprint density at radius 2 is 1.03 bits per heavy atom. The van der Waals surface area contributed by atoms with Gasteiger partial charge in [-0.15, -0.1) is 0 Å². The van der Waals surface area contributed by atoms with E-state index in [9.17, 15) is 37.9 Å². The van der Waals surface area contributed by atoms with Crippen molar-refractivity contribution in [2.45, 2.75) is 205 Å². The molecule has 0 aliphatic carbocycles. The van der Waals surface area contributed by atoms with Gasteiger partial charge in [0.2, 0.25) is 0 Å². The number of aliphatic hydroxyl groups is 3. The Kier molecular flexibility index (Phi) is 32.7. The van der Waals surface area contributed by atoms with Crippen molar-refractivity contribution in [3.8, 4) is 0 Å². The second-order valence-electron chi connectivity index (χ2n) is 15.4. The van der Waals surface area contributed by atoms with E-state index in [4.69, 9.17) is 18.9 Å². The van der Waals surface area contributed by atoms with Gasteiger partial charge in [0.1, 0.15) is 36.8 Å². The molecule has 0 amide bonds. The molecule has 1 aliphatic heterocycles. The zero-order chi connectivity index (χ0) is 42.7. The number of aliphatic hydroxyl groups excluding tert-OH is 3. The third-order valence-corrected chi connectivity index (χ3v) is 10.6. The number of hydrogen-bond donors (Lipinski definition) is 4. The van der Waals surface area contributed by atoms with Crippen LogP contribution in [0, 0.1) is 0 Å². The van der Waals surface area contributed by atoms with Crippen molar-refractivity contribution in [2.24, 2.45) is 0 Å². The van der Waals surface area contributed by atoms with Crippen molar-refractivity contribution in [1.82, 2.24) is 0 Å². The highest BCUT2D eigenvalue weighted by atomic mass is 32.2. The summed E-state index contributed by atoms with van der Waals surface area (Å²) in [7, 11) is -4.61. The number of ether oxygens (including phenoxy) is 4. The van der Waals surface area contributed by atoms with Gasteiger partial charge >= 0.3 is 11.9 Å². The quantitative estimate of drug-likeness (QED) is 0.0204. The van der Waals surface area contributed by atoms with Crippen LogP contribution < -0.4 is 0 Å². The molecule has 2 unspecified atom stereocenters. The first-order chi connectivity index (χ1) is 28.0. The zero-order valence-corrected chi connectivity index (χ0v) is 36.5. The molecule has 0 spiro atoms. The van der Waals surface area contributed by atoms with Gasteiger partial charge in [0.25, 0.3) is 10.1 Å². The van der Waals surface area contributed by atoms with Crippen LogP contribution in [0.15, 0.2) is 48.6 Å². The number of rotatable bonds is 36. The molecule has 0 saturated carbocycles. The molecule has 1 heterocycles. The lowest BCUT2D eigenvalue weighted by Gasteiger charge is -2.40. The molecule has 0 aromatic heterocycles. The van der Waals surface area contributed by atoms with Gasteiger partial charge in [-0.25, -0.2) is 0 Å². The standard InChI is InChI=1S/C45H78O12S/c1-3-5-7-9-11-13-15-17-18-19-20-22-23-25-27-29-31-33-40(46)54-35-38(36-55-45-44(50)43(49)42(48)39(57-45)37-58(51,52)53)56-41(47)34-32-30-28-26-24-21-16-14-12-10-8-6-4-2/h11,13-14,16-18,20,22,38-39,42-45,48-50H,3-10,12,15,19,21,23-37H2,1-2H3,(H,51,52,53)/b13-11+,16-14+,18-17+,22-20+/t38-,39-,42-,43?,44?,45+/m1/s1. The normalized spacial score (nSPS) is 20.8. The molecule has 1 saturated heterocycles. The van der Waals surface area contributed by atoms with E-state index in [0.717, 1.165) is 83.5 Å². The molecule has 4 N–H and O–H groups in total. The third-order valence-electron chi connectivity index (χ3n) is 9.88. The highest BCUT2D eigenvalue weighted by molar-refractivity contribution is 7.85. The molecular formula is C45H78O12S. The predicted molar refractivity (Wildman–Crippen MR) is 229 cm³/mol. The molecule has 0 aromatic carbocycles. The molecular weight excluding hydrogens is 765 g/mol. The zero-order valence-electron chi connectivity index (χ0n) is 35.6. The summed E-state index contributed by atoms with van der Waals surface area (Å²) in [5.41, 5.74) is 0. The number of carbonyl (C=O) groups is 2. The summed E-state index contributed by atoms with van der Waals surface area (Å²) in [6, 6.07) is 0. The highest BCUT2D eigenvalue weighted by Crippen LogP contribution is 2.24. The van der Waals surface area contributed by atoms with Gasteiger partial charge < -0.3 is 34.3 Å². The van der Waals surface area contributed by atoms with E-state index in [1.165, 1.54) is 44.9 Å². The molecule has 0 radical (unpaired) electrons. The van der Waals surface area contributed by atoms with Crippen molar-refractivity contribution >= 4 is 22.1 Å². The average molecular weight is 843 g/mol. The largest absolute Gasteiger partial charge is 0.462 e. The molecule has 1 rings (SSSR count). The lowest BCUT2D eigenvalue weighted by Crippen LogP contribution is -2.60. The number of hydrogen-bond acceptors (Lipinski definition) is 11. The summed E-state index contributed by atoms with van der Waals surface area (Å²) in [6.45, 7) is 3.68. The number of esters is 2. The smallest absolute Gasteiger partial charge is 0.306 e. The van der Waals surface area contributed by atoms with Crippen LogP contribution in [0.3, 0.4) is 0 Å². The van der Waals surface area contributed by atoms with Crippen LogP contribution in [0.4, 0.5) is 0 Å². The van der Waals surface area contributed by atoms with Crippen LogP contribution in [0.2, 0.25) is 0 Å². The van der Waals surface area contributed by atoms with E-state index in [-0.39, 0.29) is 19.4 Å².